The number of hydrogen-bond acceptors (Lipinski definition) is 4. The fraction of sp³-hybridized carbons (Fsp3) is 0.833. The van der Waals surface area contributed by atoms with Crippen molar-refractivity contribution in [1.82, 2.24) is 10.2 Å². The summed E-state index contributed by atoms with van der Waals surface area (Å²) in [6.07, 6.45) is 3.11. The Morgan fingerprint density at radius 2 is 2.26 bits per heavy atom. The van der Waals surface area contributed by atoms with Crippen LogP contribution in [0.1, 0.15) is 19.8 Å². The van der Waals surface area contributed by atoms with Crippen LogP contribution in [0.15, 0.2) is 0 Å². The van der Waals surface area contributed by atoms with E-state index < -0.39 is 12.0 Å². The zero-order chi connectivity index (χ0) is 14.4. The Hall–Kier alpha value is -0.950. The minimum Gasteiger partial charge on any atom is -0.480 e. The lowest BCUT2D eigenvalue weighted by Crippen LogP contribution is -2.51. The molecule has 0 aromatic carbocycles. The van der Waals surface area contributed by atoms with Crippen molar-refractivity contribution >= 4 is 23.8 Å². The molecule has 0 radical (unpaired) electrons. The number of nitrogens with zero attached hydrogens (tertiary/aromatic N) is 1. The molecule has 0 spiro atoms. The van der Waals surface area contributed by atoms with E-state index in [1.165, 1.54) is 0 Å². The third kappa shape index (κ3) is 4.58. The standard InChI is InChI=1S/C12H22N2O4S/c1-8-10(4-6-18-8)14(2)12(17)13-9(11(15)16)5-7-19-3/h8-10H,4-7H2,1-3H3,(H,13,17)(H,15,16)/t8?,9-,10?/m1/s1. The van der Waals surface area contributed by atoms with Crippen LogP contribution in [-0.2, 0) is 9.53 Å². The lowest BCUT2D eigenvalue weighted by molar-refractivity contribution is -0.139. The SMILES string of the molecule is CSCC[C@@H](NC(=O)N(C)C1CCOC1C)C(=O)O. The summed E-state index contributed by atoms with van der Waals surface area (Å²) in [5.41, 5.74) is 0. The second-order valence-electron chi connectivity index (χ2n) is 4.66. The smallest absolute Gasteiger partial charge is 0.326 e. The molecule has 1 aliphatic heterocycles. The molecule has 1 saturated heterocycles. The van der Waals surface area contributed by atoms with Crippen molar-refractivity contribution in [1.29, 1.82) is 0 Å². The van der Waals surface area contributed by atoms with Gasteiger partial charge in [0, 0.05) is 13.7 Å². The molecule has 110 valence electrons. The van der Waals surface area contributed by atoms with Gasteiger partial charge in [-0.25, -0.2) is 9.59 Å². The van der Waals surface area contributed by atoms with Gasteiger partial charge >= 0.3 is 12.0 Å². The molecule has 0 aromatic heterocycles. The van der Waals surface area contributed by atoms with E-state index in [9.17, 15) is 9.59 Å². The molecule has 2 amide bonds. The van der Waals surface area contributed by atoms with Gasteiger partial charge in [0.25, 0.3) is 0 Å². The molecule has 0 bridgehead atoms. The Labute approximate surface area is 117 Å². The minimum absolute atomic E-state index is 0.00905. The van der Waals surface area contributed by atoms with Crippen molar-refractivity contribution in [3.05, 3.63) is 0 Å². The van der Waals surface area contributed by atoms with Crippen LogP contribution in [0, 0.1) is 0 Å². The van der Waals surface area contributed by atoms with Gasteiger partial charge in [-0.2, -0.15) is 11.8 Å². The van der Waals surface area contributed by atoms with E-state index in [-0.39, 0.29) is 18.2 Å². The minimum atomic E-state index is -0.994. The molecule has 7 heteroatoms. The van der Waals surface area contributed by atoms with Gasteiger partial charge in [0.05, 0.1) is 12.1 Å². The number of ether oxygens (including phenoxy) is 1. The summed E-state index contributed by atoms with van der Waals surface area (Å²) in [6.45, 7) is 2.56. The maximum atomic E-state index is 12.0. The van der Waals surface area contributed by atoms with Gasteiger partial charge in [0.1, 0.15) is 6.04 Å². The molecule has 1 aliphatic rings. The highest BCUT2D eigenvalue weighted by Gasteiger charge is 2.32. The van der Waals surface area contributed by atoms with E-state index >= 15 is 0 Å². The molecule has 0 aliphatic carbocycles. The largest absolute Gasteiger partial charge is 0.480 e. The van der Waals surface area contributed by atoms with Crippen molar-refractivity contribution in [2.75, 3.05) is 25.7 Å². The van der Waals surface area contributed by atoms with Gasteiger partial charge < -0.3 is 20.1 Å². The van der Waals surface area contributed by atoms with Crippen LogP contribution in [0.25, 0.3) is 0 Å². The van der Waals surface area contributed by atoms with Crippen molar-refractivity contribution in [3.8, 4) is 0 Å². The fourth-order valence-corrected chi connectivity index (χ4v) is 2.59. The highest BCUT2D eigenvalue weighted by atomic mass is 32.2. The van der Waals surface area contributed by atoms with Crippen LogP contribution in [0.5, 0.6) is 0 Å². The van der Waals surface area contributed by atoms with E-state index in [0.29, 0.717) is 18.8 Å². The van der Waals surface area contributed by atoms with Gasteiger partial charge in [-0.05, 0) is 31.8 Å². The zero-order valence-corrected chi connectivity index (χ0v) is 12.4. The number of urea groups is 1. The summed E-state index contributed by atoms with van der Waals surface area (Å²) in [6, 6.07) is -1.18. The van der Waals surface area contributed by atoms with Crippen molar-refractivity contribution in [3.63, 3.8) is 0 Å². The quantitative estimate of drug-likeness (QED) is 0.763. The Kier molecular flexibility index (Phi) is 6.44. The van der Waals surface area contributed by atoms with Gasteiger partial charge in [0.15, 0.2) is 0 Å². The summed E-state index contributed by atoms with van der Waals surface area (Å²) >= 11 is 1.56. The van der Waals surface area contributed by atoms with E-state index in [1.54, 1.807) is 23.7 Å². The summed E-state index contributed by atoms with van der Waals surface area (Å²) in [5.74, 6) is -0.296. The lowest BCUT2D eigenvalue weighted by Gasteiger charge is -2.28. The van der Waals surface area contributed by atoms with E-state index in [1.807, 2.05) is 13.2 Å². The van der Waals surface area contributed by atoms with Gasteiger partial charge in [0.2, 0.25) is 0 Å². The second kappa shape index (κ2) is 7.59. The number of carbonyl (C=O) groups excluding carboxylic acids is 1. The van der Waals surface area contributed by atoms with Crippen molar-refractivity contribution in [2.24, 2.45) is 0 Å². The number of carboxylic acid groups (broad SMARTS) is 1. The van der Waals surface area contributed by atoms with Crippen LogP contribution >= 0.6 is 11.8 Å². The lowest BCUT2D eigenvalue weighted by atomic mass is 10.1. The first-order chi connectivity index (χ1) is 8.97. The number of hydrogen-bond donors (Lipinski definition) is 2. The number of amides is 2. The molecule has 0 saturated carbocycles. The van der Waals surface area contributed by atoms with Crippen LogP contribution < -0.4 is 5.32 Å². The maximum Gasteiger partial charge on any atom is 0.326 e. The van der Waals surface area contributed by atoms with Gasteiger partial charge in [-0.1, -0.05) is 0 Å². The number of aliphatic carboxylic acids is 1. The summed E-state index contributed by atoms with van der Waals surface area (Å²) < 4.78 is 5.41. The predicted molar refractivity (Wildman–Crippen MR) is 74.5 cm³/mol. The maximum absolute atomic E-state index is 12.0. The average Bonchev–Trinajstić information content (AvgIpc) is 2.79. The Morgan fingerprint density at radius 3 is 2.74 bits per heavy atom. The summed E-state index contributed by atoms with van der Waals surface area (Å²) in [4.78, 5) is 24.7. The molecule has 3 atom stereocenters. The Morgan fingerprint density at radius 1 is 1.58 bits per heavy atom. The Bertz CT molecular complexity index is 327. The first-order valence-corrected chi connectivity index (χ1v) is 7.73. The van der Waals surface area contributed by atoms with Crippen molar-refractivity contribution in [2.45, 2.75) is 38.0 Å². The molecular formula is C12H22N2O4S. The van der Waals surface area contributed by atoms with Crippen LogP contribution in [0.3, 0.4) is 0 Å². The van der Waals surface area contributed by atoms with Crippen LogP contribution in [0.4, 0.5) is 4.79 Å². The Balaban J connectivity index is 2.53. The van der Waals surface area contributed by atoms with Crippen molar-refractivity contribution < 1.29 is 19.4 Å². The van der Waals surface area contributed by atoms with E-state index in [4.69, 9.17) is 9.84 Å². The normalized spacial score (nSPS) is 23.9. The topological polar surface area (TPSA) is 78.9 Å². The predicted octanol–water partition coefficient (Wildman–Crippen LogP) is 1.01. The molecular weight excluding hydrogens is 268 g/mol. The summed E-state index contributed by atoms with van der Waals surface area (Å²) in [5, 5.41) is 11.6. The molecule has 1 heterocycles. The monoisotopic (exact) mass is 290 g/mol. The fourth-order valence-electron chi connectivity index (χ4n) is 2.12. The van der Waals surface area contributed by atoms with E-state index in [0.717, 1.165) is 6.42 Å². The number of carbonyl (C=O) groups is 2. The molecule has 2 unspecified atom stereocenters. The first kappa shape index (κ1) is 16.1. The molecule has 6 nitrogen and oxygen atoms in total. The molecule has 1 fully saturated rings. The van der Waals surface area contributed by atoms with E-state index in [2.05, 4.69) is 5.32 Å². The average molecular weight is 290 g/mol. The number of thioether (sulfide) groups is 1. The highest BCUT2D eigenvalue weighted by molar-refractivity contribution is 7.98. The molecule has 2 N–H and O–H groups in total. The van der Waals surface area contributed by atoms with Gasteiger partial charge in [-0.3, -0.25) is 0 Å². The summed E-state index contributed by atoms with van der Waals surface area (Å²) in [7, 11) is 1.68. The molecule has 1 rings (SSSR count). The number of rotatable bonds is 6. The van der Waals surface area contributed by atoms with Crippen LogP contribution in [0.2, 0.25) is 0 Å². The highest BCUT2D eigenvalue weighted by Crippen LogP contribution is 2.18. The molecule has 19 heavy (non-hydrogen) atoms. The number of likely N-dealkylation sites (N-methyl/N-ethyl adjacent to an activating group) is 1. The van der Waals surface area contributed by atoms with Crippen LogP contribution in [-0.4, -0.2) is 65.9 Å². The molecule has 0 aromatic rings. The second-order valence-corrected chi connectivity index (χ2v) is 5.65. The third-order valence-corrected chi connectivity index (χ3v) is 4.00. The third-order valence-electron chi connectivity index (χ3n) is 3.36. The zero-order valence-electron chi connectivity index (χ0n) is 11.6. The van der Waals surface area contributed by atoms with Gasteiger partial charge in [-0.15, -0.1) is 0 Å². The first-order valence-electron chi connectivity index (χ1n) is 6.34. The number of carboxylic acids is 1. The number of nitrogens with one attached hydrogen (secondary N) is 1.